The van der Waals surface area contributed by atoms with Gasteiger partial charge in [0.15, 0.2) is 0 Å². The molecule has 15 heavy (non-hydrogen) atoms. The van der Waals surface area contributed by atoms with E-state index in [1.54, 1.807) is 7.11 Å². The van der Waals surface area contributed by atoms with Crippen LogP contribution in [0.25, 0.3) is 0 Å². The molecule has 0 spiro atoms. The second kappa shape index (κ2) is 7.83. The highest BCUT2D eigenvalue weighted by molar-refractivity contribution is 5.79. The van der Waals surface area contributed by atoms with Gasteiger partial charge >= 0.3 is 0 Å². The van der Waals surface area contributed by atoms with Crippen molar-refractivity contribution in [3.63, 3.8) is 0 Å². The minimum atomic E-state index is 0.451. The number of hydrogen-bond acceptors (Lipinski definition) is 3. The highest BCUT2D eigenvalue weighted by atomic mass is 16.5. The number of rotatable bonds is 7. The van der Waals surface area contributed by atoms with E-state index in [4.69, 9.17) is 9.47 Å². The van der Waals surface area contributed by atoms with E-state index in [1.807, 2.05) is 0 Å². The zero-order valence-electron chi connectivity index (χ0n) is 9.67. The standard InChI is InChI=1S/C12H22O3/c1-14-8-9-15-7-3-5-11-4-2-6-12(13)10-11/h11H,2-10H2,1H3. The highest BCUT2D eigenvalue weighted by Crippen LogP contribution is 2.25. The summed E-state index contributed by atoms with van der Waals surface area (Å²) in [6, 6.07) is 0. The Kier molecular flexibility index (Phi) is 6.60. The average molecular weight is 214 g/mol. The first-order valence-corrected chi connectivity index (χ1v) is 5.91. The molecule has 0 bridgehead atoms. The van der Waals surface area contributed by atoms with Crippen LogP contribution >= 0.6 is 0 Å². The lowest BCUT2D eigenvalue weighted by molar-refractivity contribution is -0.121. The molecule has 0 amide bonds. The van der Waals surface area contributed by atoms with Gasteiger partial charge in [-0.1, -0.05) is 0 Å². The number of methoxy groups -OCH3 is 1. The Morgan fingerprint density at radius 2 is 2.20 bits per heavy atom. The molecular formula is C12H22O3. The van der Waals surface area contributed by atoms with Crippen LogP contribution in [-0.4, -0.2) is 32.7 Å². The summed E-state index contributed by atoms with van der Waals surface area (Å²) < 4.78 is 10.3. The summed E-state index contributed by atoms with van der Waals surface area (Å²) in [5.41, 5.74) is 0. The molecule has 1 fully saturated rings. The van der Waals surface area contributed by atoms with Crippen molar-refractivity contribution in [3.8, 4) is 0 Å². The van der Waals surface area contributed by atoms with Gasteiger partial charge in [0.05, 0.1) is 13.2 Å². The third kappa shape index (κ3) is 5.90. The fourth-order valence-corrected chi connectivity index (χ4v) is 2.08. The highest BCUT2D eigenvalue weighted by Gasteiger charge is 2.18. The van der Waals surface area contributed by atoms with E-state index in [0.717, 1.165) is 38.7 Å². The van der Waals surface area contributed by atoms with Gasteiger partial charge in [-0.2, -0.15) is 0 Å². The van der Waals surface area contributed by atoms with Crippen LogP contribution in [0.5, 0.6) is 0 Å². The number of hydrogen-bond donors (Lipinski definition) is 0. The fraction of sp³-hybridized carbons (Fsp3) is 0.917. The molecule has 1 rings (SSSR count). The lowest BCUT2D eigenvalue weighted by atomic mass is 9.85. The molecule has 0 heterocycles. The molecule has 1 unspecified atom stereocenters. The summed E-state index contributed by atoms with van der Waals surface area (Å²) in [4.78, 5) is 11.2. The van der Waals surface area contributed by atoms with Crippen molar-refractivity contribution in [2.45, 2.75) is 38.5 Å². The zero-order valence-corrected chi connectivity index (χ0v) is 9.67. The molecule has 0 radical (unpaired) electrons. The number of ketones is 1. The Bertz CT molecular complexity index is 180. The van der Waals surface area contributed by atoms with E-state index in [2.05, 4.69) is 0 Å². The third-order valence-corrected chi connectivity index (χ3v) is 2.92. The Balaban J connectivity index is 1.92. The summed E-state index contributed by atoms with van der Waals surface area (Å²) in [6.45, 7) is 2.15. The molecule has 88 valence electrons. The van der Waals surface area contributed by atoms with E-state index in [1.165, 1.54) is 6.42 Å². The Hall–Kier alpha value is -0.410. The summed E-state index contributed by atoms with van der Waals surface area (Å²) in [5.74, 6) is 1.07. The predicted octanol–water partition coefficient (Wildman–Crippen LogP) is 2.19. The van der Waals surface area contributed by atoms with Gasteiger partial charge in [-0.3, -0.25) is 4.79 Å². The first-order valence-electron chi connectivity index (χ1n) is 5.91. The van der Waals surface area contributed by atoms with E-state index in [0.29, 0.717) is 24.9 Å². The second-order valence-corrected chi connectivity index (χ2v) is 4.25. The quantitative estimate of drug-likeness (QED) is 0.609. The molecular weight excluding hydrogens is 192 g/mol. The van der Waals surface area contributed by atoms with Crippen LogP contribution in [-0.2, 0) is 14.3 Å². The largest absolute Gasteiger partial charge is 0.382 e. The van der Waals surface area contributed by atoms with Crippen molar-refractivity contribution in [2.24, 2.45) is 5.92 Å². The Labute approximate surface area is 92.1 Å². The molecule has 0 saturated heterocycles. The van der Waals surface area contributed by atoms with Crippen molar-refractivity contribution in [3.05, 3.63) is 0 Å². The van der Waals surface area contributed by atoms with E-state index in [-0.39, 0.29) is 0 Å². The molecule has 3 heteroatoms. The van der Waals surface area contributed by atoms with E-state index in [9.17, 15) is 4.79 Å². The van der Waals surface area contributed by atoms with E-state index < -0.39 is 0 Å². The molecule has 1 saturated carbocycles. The van der Waals surface area contributed by atoms with Crippen LogP contribution in [0.2, 0.25) is 0 Å². The van der Waals surface area contributed by atoms with Crippen LogP contribution in [0, 0.1) is 5.92 Å². The summed E-state index contributed by atoms with van der Waals surface area (Å²) in [5, 5.41) is 0. The maximum Gasteiger partial charge on any atom is 0.133 e. The number of ether oxygens (including phenoxy) is 2. The second-order valence-electron chi connectivity index (χ2n) is 4.25. The van der Waals surface area contributed by atoms with Gasteiger partial charge in [-0.25, -0.2) is 0 Å². The molecule has 0 aromatic rings. The molecule has 1 atom stereocenters. The summed E-state index contributed by atoms with van der Waals surface area (Å²) >= 11 is 0. The Morgan fingerprint density at radius 1 is 1.33 bits per heavy atom. The first kappa shape index (κ1) is 12.7. The topological polar surface area (TPSA) is 35.5 Å². The zero-order chi connectivity index (χ0) is 10.9. The van der Waals surface area contributed by atoms with E-state index >= 15 is 0 Å². The van der Waals surface area contributed by atoms with Crippen molar-refractivity contribution in [1.82, 2.24) is 0 Å². The van der Waals surface area contributed by atoms with Gasteiger partial charge in [0, 0.05) is 26.6 Å². The van der Waals surface area contributed by atoms with Crippen LogP contribution < -0.4 is 0 Å². The molecule has 0 aromatic heterocycles. The average Bonchev–Trinajstić information content (AvgIpc) is 2.23. The SMILES string of the molecule is COCCOCCCC1CCCC(=O)C1. The van der Waals surface area contributed by atoms with Gasteiger partial charge in [-0.15, -0.1) is 0 Å². The lowest BCUT2D eigenvalue weighted by Gasteiger charge is -2.20. The summed E-state index contributed by atoms with van der Waals surface area (Å²) in [6.07, 6.45) is 6.14. The van der Waals surface area contributed by atoms with Gasteiger partial charge < -0.3 is 9.47 Å². The van der Waals surface area contributed by atoms with Crippen LogP contribution in [0.4, 0.5) is 0 Å². The maximum atomic E-state index is 11.2. The maximum absolute atomic E-state index is 11.2. The Morgan fingerprint density at radius 3 is 2.93 bits per heavy atom. The van der Waals surface area contributed by atoms with Gasteiger partial charge in [0.25, 0.3) is 0 Å². The lowest BCUT2D eigenvalue weighted by Crippen LogP contribution is -2.15. The van der Waals surface area contributed by atoms with Gasteiger partial charge in [0.1, 0.15) is 5.78 Å². The van der Waals surface area contributed by atoms with Crippen LogP contribution in [0.15, 0.2) is 0 Å². The first-order chi connectivity index (χ1) is 7.33. The number of carbonyl (C=O) groups is 1. The van der Waals surface area contributed by atoms with Crippen molar-refractivity contribution in [2.75, 3.05) is 26.9 Å². The van der Waals surface area contributed by atoms with Crippen molar-refractivity contribution in [1.29, 1.82) is 0 Å². The number of carbonyl (C=O) groups excluding carboxylic acids is 1. The van der Waals surface area contributed by atoms with Crippen molar-refractivity contribution >= 4 is 5.78 Å². The fourth-order valence-electron chi connectivity index (χ4n) is 2.08. The third-order valence-electron chi connectivity index (χ3n) is 2.92. The van der Waals surface area contributed by atoms with Crippen LogP contribution in [0.3, 0.4) is 0 Å². The van der Waals surface area contributed by atoms with Gasteiger partial charge in [-0.05, 0) is 31.6 Å². The molecule has 0 aromatic carbocycles. The van der Waals surface area contributed by atoms with Gasteiger partial charge in [0.2, 0.25) is 0 Å². The predicted molar refractivity (Wildman–Crippen MR) is 58.9 cm³/mol. The molecule has 1 aliphatic rings. The minimum absolute atomic E-state index is 0.451. The van der Waals surface area contributed by atoms with Crippen LogP contribution in [0.1, 0.15) is 38.5 Å². The smallest absolute Gasteiger partial charge is 0.133 e. The minimum Gasteiger partial charge on any atom is -0.382 e. The molecule has 1 aliphatic carbocycles. The normalized spacial score (nSPS) is 21.9. The summed E-state index contributed by atoms with van der Waals surface area (Å²) in [7, 11) is 1.68. The van der Waals surface area contributed by atoms with Crippen molar-refractivity contribution < 1.29 is 14.3 Å². The number of Topliss-reactive ketones (excluding diaryl/α,β-unsaturated/α-hetero) is 1. The molecule has 3 nitrogen and oxygen atoms in total. The molecule has 0 N–H and O–H groups in total. The monoisotopic (exact) mass is 214 g/mol. The molecule has 0 aliphatic heterocycles.